The zero-order valence-electron chi connectivity index (χ0n) is 11.5. The molecule has 0 aromatic carbocycles. The summed E-state index contributed by atoms with van der Waals surface area (Å²) < 4.78 is 30.7. The van der Waals surface area contributed by atoms with E-state index in [9.17, 15) is 13.2 Å². The van der Waals surface area contributed by atoms with Crippen molar-refractivity contribution in [2.24, 2.45) is 0 Å². The Balaban J connectivity index is 2.15. The lowest BCUT2D eigenvalue weighted by atomic mass is 10.0. The van der Waals surface area contributed by atoms with Crippen LogP contribution in [0.3, 0.4) is 0 Å². The van der Waals surface area contributed by atoms with E-state index in [0.717, 1.165) is 12.8 Å². The maximum absolute atomic E-state index is 11.8. The lowest BCUT2D eigenvalue weighted by Gasteiger charge is -2.31. The van der Waals surface area contributed by atoms with Gasteiger partial charge in [-0.1, -0.05) is 0 Å². The summed E-state index contributed by atoms with van der Waals surface area (Å²) in [4.78, 5) is 13.2. The molecule has 19 heavy (non-hydrogen) atoms. The van der Waals surface area contributed by atoms with E-state index in [1.165, 1.54) is 15.5 Å². The molecule has 0 saturated carbocycles. The highest BCUT2D eigenvalue weighted by Gasteiger charge is 2.48. The first kappa shape index (κ1) is 14.5. The molecule has 7 nitrogen and oxygen atoms in total. The number of amides is 2. The van der Waals surface area contributed by atoms with Crippen LogP contribution >= 0.6 is 0 Å². The molecule has 2 amide bonds. The van der Waals surface area contributed by atoms with Crippen molar-refractivity contribution >= 4 is 16.1 Å². The fourth-order valence-corrected chi connectivity index (χ4v) is 3.86. The predicted octanol–water partition coefficient (Wildman–Crippen LogP) is -0.551. The monoisotopic (exact) mass is 291 g/mol. The molecule has 2 fully saturated rings. The van der Waals surface area contributed by atoms with Crippen LogP contribution in [-0.4, -0.2) is 75.3 Å². The van der Waals surface area contributed by atoms with Gasteiger partial charge in [0.2, 0.25) is 10.0 Å². The van der Waals surface area contributed by atoms with Gasteiger partial charge >= 0.3 is 6.03 Å². The van der Waals surface area contributed by atoms with Gasteiger partial charge in [-0.3, -0.25) is 0 Å². The molecule has 2 aliphatic heterocycles. The van der Waals surface area contributed by atoms with Crippen molar-refractivity contribution in [2.75, 3.05) is 33.5 Å². The average Bonchev–Trinajstić information content (AvgIpc) is 2.68. The molecule has 2 heterocycles. The molecule has 0 bridgehead atoms. The number of fused-ring (bicyclic) bond motifs is 1. The summed E-state index contributed by atoms with van der Waals surface area (Å²) in [5.41, 5.74) is 0. The van der Waals surface area contributed by atoms with Crippen molar-refractivity contribution in [1.82, 2.24) is 14.5 Å². The van der Waals surface area contributed by atoms with Gasteiger partial charge in [-0.25, -0.2) is 13.2 Å². The van der Waals surface area contributed by atoms with E-state index >= 15 is 0 Å². The molecule has 0 aromatic rings. The maximum atomic E-state index is 11.8. The number of nitrogens with one attached hydrogen (secondary N) is 1. The molecular weight excluding hydrogens is 270 g/mol. The van der Waals surface area contributed by atoms with Crippen molar-refractivity contribution in [2.45, 2.75) is 31.0 Å². The van der Waals surface area contributed by atoms with Crippen molar-refractivity contribution in [3.05, 3.63) is 0 Å². The van der Waals surface area contributed by atoms with Crippen LogP contribution in [0.2, 0.25) is 0 Å². The smallest absolute Gasteiger partial charge is 0.317 e. The lowest BCUT2D eigenvalue weighted by molar-refractivity contribution is -0.00973. The number of hydrogen-bond acceptors (Lipinski definition) is 4. The van der Waals surface area contributed by atoms with Crippen LogP contribution in [0, 0.1) is 0 Å². The number of hydrogen-bond donors (Lipinski definition) is 1. The van der Waals surface area contributed by atoms with Gasteiger partial charge in [0.25, 0.3) is 0 Å². The number of ether oxygens (including phenoxy) is 1. The summed E-state index contributed by atoms with van der Waals surface area (Å²) in [6.45, 7) is 0.904. The van der Waals surface area contributed by atoms with Crippen LogP contribution < -0.4 is 5.32 Å². The van der Waals surface area contributed by atoms with Gasteiger partial charge in [0.05, 0.1) is 24.4 Å². The number of rotatable bonds is 2. The van der Waals surface area contributed by atoms with Gasteiger partial charge < -0.3 is 15.0 Å². The van der Waals surface area contributed by atoms with E-state index in [1.54, 1.807) is 14.1 Å². The van der Waals surface area contributed by atoms with Crippen LogP contribution in [0.1, 0.15) is 12.8 Å². The second-order valence-electron chi connectivity index (χ2n) is 5.33. The fraction of sp³-hybridized carbons (Fsp3) is 0.909. The summed E-state index contributed by atoms with van der Waals surface area (Å²) >= 11 is 0. The summed E-state index contributed by atoms with van der Waals surface area (Å²) in [5, 5.41) is 2.84. The number of urea groups is 1. The molecule has 0 aromatic heterocycles. The Morgan fingerprint density at radius 1 is 1.42 bits per heavy atom. The number of carbonyl (C=O) groups excluding carboxylic acids is 1. The zero-order valence-corrected chi connectivity index (χ0v) is 12.3. The molecule has 2 saturated heterocycles. The first-order valence-electron chi connectivity index (χ1n) is 6.37. The Morgan fingerprint density at radius 3 is 2.68 bits per heavy atom. The van der Waals surface area contributed by atoms with Gasteiger partial charge in [-0.05, 0) is 12.8 Å². The molecule has 0 aliphatic carbocycles. The molecule has 0 spiro atoms. The quantitative estimate of drug-likeness (QED) is 0.740. The minimum absolute atomic E-state index is 0.156. The van der Waals surface area contributed by atoms with E-state index in [1.807, 2.05) is 0 Å². The van der Waals surface area contributed by atoms with Gasteiger partial charge in [-0.2, -0.15) is 4.31 Å². The topological polar surface area (TPSA) is 79.0 Å². The number of sulfonamides is 1. The Labute approximate surface area is 113 Å². The Kier molecular flexibility index (Phi) is 4.03. The van der Waals surface area contributed by atoms with Crippen molar-refractivity contribution < 1.29 is 17.9 Å². The Bertz CT molecular complexity index is 451. The van der Waals surface area contributed by atoms with Gasteiger partial charge in [-0.15, -0.1) is 0 Å². The molecule has 3 atom stereocenters. The molecule has 0 radical (unpaired) electrons. The summed E-state index contributed by atoms with van der Waals surface area (Å²) in [5.74, 6) is 0. The summed E-state index contributed by atoms with van der Waals surface area (Å²) in [7, 11) is 0.0278. The number of nitrogens with zero attached hydrogens (tertiary/aromatic N) is 2. The van der Waals surface area contributed by atoms with Crippen LogP contribution in [0.5, 0.6) is 0 Å². The first-order chi connectivity index (χ1) is 8.80. The second-order valence-corrected chi connectivity index (χ2v) is 7.26. The van der Waals surface area contributed by atoms with Crippen LogP contribution in [0.25, 0.3) is 0 Å². The SMILES string of the molecule is CN(C)C(=O)N[C@@H]1CN(S(C)(=O)=O)[C@@H]2CCCO[C@@H]21. The minimum atomic E-state index is -3.27. The summed E-state index contributed by atoms with van der Waals surface area (Å²) in [6, 6.07) is -0.667. The molecular formula is C11H21N3O4S. The summed E-state index contributed by atoms with van der Waals surface area (Å²) in [6.07, 6.45) is 2.59. The third-order valence-electron chi connectivity index (χ3n) is 3.62. The fourth-order valence-electron chi connectivity index (χ4n) is 2.71. The van der Waals surface area contributed by atoms with Crippen molar-refractivity contribution in [3.63, 3.8) is 0 Å². The molecule has 8 heteroatoms. The van der Waals surface area contributed by atoms with Crippen LogP contribution in [0.4, 0.5) is 4.79 Å². The Morgan fingerprint density at radius 2 is 2.11 bits per heavy atom. The normalized spacial score (nSPS) is 31.8. The van der Waals surface area contributed by atoms with E-state index in [-0.39, 0.29) is 30.8 Å². The molecule has 110 valence electrons. The van der Waals surface area contributed by atoms with Crippen LogP contribution in [0.15, 0.2) is 0 Å². The molecule has 2 aliphatic rings. The van der Waals surface area contributed by atoms with Crippen molar-refractivity contribution in [3.8, 4) is 0 Å². The molecule has 2 rings (SSSR count). The highest BCUT2D eigenvalue weighted by molar-refractivity contribution is 7.88. The second kappa shape index (κ2) is 5.26. The first-order valence-corrected chi connectivity index (χ1v) is 8.22. The predicted molar refractivity (Wildman–Crippen MR) is 70.3 cm³/mol. The van der Waals surface area contributed by atoms with Gasteiger partial charge in [0.15, 0.2) is 0 Å². The van der Waals surface area contributed by atoms with Crippen LogP contribution in [-0.2, 0) is 14.8 Å². The number of carbonyl (C=O) groups is 1. The Hall–Kier alpha value is -0.860. The van der Waals surface area contributed by atoms with Gasteiger partial charge in [0.1, 0.15) is 0 Å². The molecule has 0 unspecified atom stereocenters. The maximum Gasteiger partial charge on any atom is 0.317 e. The van der Waals surface area contributed by atoms with Crippen molar-refractivity contribution in [1.29, 1.82) is 0 Å². The highest BCUT2D eigenvalue weighted by Crippen LogP contribution is 2.30. The van der Waals surface area contributed by atoms with E-state index < -0.39 is 10.0 Å². The van der Waals surface area contributed by atoms with E-state index in [4.69, 9.17) is 4.74 Å². The van der Waals surface area contributed by atoms with Gasteiger partial charge in [0, 0.05) is 27.2 Å². The third kappa shape index (κ3) is 3.01. The minimum Gasteiger partial charge on any atom is -0.374 e. The zero-order chi connectivity index (χ0) is 14.2. The molecule has 1 N–H and O–H groups in total. The average molecular weight is 291 g/mol. The standard InChI is InChI=1S/C11H21N3O4S/c1-13(2)11(15)12-8-7-14(19(3,16)17)9-5-4-6-18-10(8)9/h8-10H,4-7H2,1-3H3,(H,12,15)/t8-,9-,10-/m1/s1. The third-order valence-corrected chi connectivity index (χ3v) is 4.89. The largest absolute Gasteiger partial charge is 0.374 e. The highest BCUT2D eigenvalue weighted by atomic mass is 32.2. The lowest BCUT2D eigenvalue weighted by Crippen LogP contribution is -2.50. The van der Waals surface area contributed by atoms with E-state index in [2.05, 4.69) is 5.32 Å². The van der Waals surface area contributed by atoms with E-state index in [0.29, 0.717) is 6.61 Å².